The summed E-state index contributed by atoms with van der Waals surface area (Å²) in [5.74, 6) is 0.0433. The van der Waals surface area contributed by atoms with Gasteiger partial charge in [-0.05, 0) is 49.2 Å². The molecule has 0 bridgehead atoms. The van der Waals surface area contributed by atoms with E-state index in [9.17, 15) is 9.18 Å². The van der Waals surface area contributed by atoms with Gasteiger partial charge in [0, 0.05) is 12.1 Å². The number of hydrogen-bond donors (Lipinski definition) is 0. The number of nitrogens with zero attached hydrogens (tertiary/aromatic N) is 1. The van der Waals surface area contributed by atoms with Gasteiger partial charge in [-0.3, -0.25) is 9.69 Å². The highest BCUT2D eigenvalue weighted by Gasteiger charge is 2.69. The fraction of sp³-hybridized carbons (Fsp3) is 0.409. The standard InChI is InChI=1S/C22H22FNO3/c1-26-17-8-5-15(6-9-17)21-12-11-16(23)7-10-18(21)22(27-20(21)25)14-24-13-3-2-4-19(22)24/h5-12,19H,2-4,13-14H2,1H3/t19-,21-,22+/m0/s1. The molecule has 4 nitrogen and oxygen atoms in total. The number of hydrogen-bond acceptors (Lipinski definition) is 4. The Labute approximate surface area is 157 Å². The number of rotatable bonds is 2. The summed E-state index contributed by atoms with van der Waals surface area (Å²) in [4.78, 5) is 15.7. The van der Waals surface area contributed by atoms with E-state index < -0.39 is 11.0 Å². The molecule has 3 heterocycles. The average molecular weight is 367 g/mol. The van der Waals surface area contributed by atoms with Crippen molar-refractivity contribution in [2.24, 2.45) is 0 Å². The van der Waals surface area contributed by atoms with Gasteiger partial charge in [0.25, 0.3) is 0 Å². The third-order valence-corrected chi connectivity index (χ3v) is 6.51. The summed E-state index contributed by atoms with van der Waals surface area (Å²) in [6.45, 7) is 1.73. The van der Waals surface area contributed by atoms with E-state index in [0.29, 0.717) is 12.3 Å². The Balaban J connectivity index is 1.66. The first-order valence-corrected chi connectivity index (χ1v) is 9.50. The lowest BCUT2D eigenvalue weighted by atomic mass is 9.64. The van der Waals surface area contributed by atoms with Crippen LogP contribution in [0, 0.1) is 0 Å². The highest BCUT2D eigenvalue weighted by molar-refractivity contribution is 5.95. The van der Waals surface area contributed by atoms with E-state index in [1.807, 2.05) is 24.3 Å². The van der Waals surface area contributed by atoms with Crippen LogP contribution in [0.15, 0.2) is 60.0 Å². The maximum Gasteiger partial charge on any atom is 0.325 e. The Morgan fingerprint density at radius 1 is 1.22 bits per heavy atom. The summed E-state index contributed by atoms with van der Waals surface area (Å²) in [6, 6.07) is 7.59. The van der Waals surface area contributed by atoms with E-state index in [-0.39, 0.29) is 17.8 Å². The van der Waals surface area contributed by atoms with Crippen LogP contribution in [0.3, 0.4) is 0 Å². The molecule has 3 fully saturated rings. The zero-order valence-corrected chi connectivity index (χ0v) is 15.3. The van der Waals surface area contributed by atoms with Gasteiger partial charge < -0.3 is 9.47 Å². The third-order valence-electron chi connectivity index (χ3n) is 6.51. The molecule has 1 aromatic carbocycles. The average Bonchev–Trinajstić information content (AvgIpc) is 2.81. The second kappa shape index (κ2) is 5.80. The van der Waals surface area contributed by atoms with Gasteiger partial charge in [-0.2, -0.15) is 0 Å². The summed E-state index contributed by atoms with van der Waals surface area (Å²) < 4.78 is 25.5. The molecule has 3 saturated heterocycles. The number of piperidine rings is 1. The molecule has 140 valence electrons. The molecule has 1 aromatic rings. The van der Waals surface area contributed by atoms with Crippen molar-refractivity contribution in [1.82, 2.24) is 4.90 Å². The predicted octanol–water partition coefficient (Wildman–Crippen LogP) is 3.45. The van der Waals surface area contributed by atoms with Crippen LogP contribution < -0.4 is 4.74 Å². The Morgan fingerprint density at radius 3 is 2.78 bits per heavy atom. The number of carbonyl (C=O) groups is 1. The molecule has 5 heteroatoms. The summed E-state index contributed by atoms with van der Waals surface area (Å²) in [5.41, 5.74) is -0.0921. The molecular formula is C22H22FNO3. The molecule has 1 spiro atoms. The zero-order valence-electron chi connectivity index (χ0n) is 15.3. The smallest absolute Gasteiger partial charge is 0.325 e. The minimum absolute atomic E-state index is 0.185. The minimum atomic E-state index is -1.08. The highest BCUT2D eigenvalue weighted by atomic mass is 19.1. The Hall–Kier alpha value is -2.40. The normalized spacial score (nSPS) is 34.7. The molecule has 0 unspecified atom stereocenters. The van der Waals surface area contributed by atoms with Crippen molar-refractivity contribution in [3.63, 3.8) is 0 Å². The second-order valence-electron chi connectivity index (χ2n) is 7.76. The number of carbonyl (C=O) groups excluding carboxylic acids is 1. The van der Waals surface area contributed by atoms with E-state index in [1.54, 1.807) is 19.3 Å². The number of ether oxygens (including phenoxy) is 2. The van der Waals surface area contributed by atoms with Crippen LogP contribution in [0.25, 0.3) is 0 Å². The van der Waals surface area contributed by atoms with Crippen LogP contribution >= 0.6 is 0 Å². The minimum Gasteiger partial charge on any atom is -0.497 e. The first kappa shape index (κ1) is 16.8. The van der Waals surface area contributed by atoms with Crippen molar-refractivity contribution in [3.05, 3.63) is 65.5 Å². The second-order valence-corrected chi connectivity index (χ2v) is 7.76. The summed E-state index contributed by atoms with van der Waals surface area (Å²) in [6.07, 6.45) is 9.58. The van der Waals surface area contributed by atoms with Crippen LogP contribution in [0.2, 0.25) is 0 Å². The lowest BCUT2D eigenvalue weighted by molar-refractivity contribution is -0.180. The summed E-state index contributed by atoms with van der Waals surface area (Å²) in [5, 5.41) is 0. The highest BCUT2D eigenvalue weighted by Crippen LogP contribution is 2.57. The Kier molecular flexibility index (Phi) is 3.60. The van der Waals surface area contributed by atoms with Crippen LogP contribution in [0.1, 0.15) is 24.8 Å². The molecule has 0 saturated carbocycles. The summed E-state index contributed by atoms with van der Waals surface area (Å²) in [7, 11) is 1.61. The first-order valence-electron chi connectivity index (χ1n) is 9.50. The number of allylic oxidation sites excluding steroid dienone is 4. The van der Waals surface area contributed by atoms with Crippen molar-refractivity contribution in [2.45, 2.75) is 36.3 Å². The lowest BCUT2D eigenvalue weighted by Crippen LogP contribution is -2.71. The van der Waals surface area contributed by atoms with E-state index >= 15 is 0 Å². The molecule has 3 aliphatic heterocycles. The predicted molar refractivity (Wildman–Crippen MR) is 99.1 cm³/mol. The molecule has 27 heavy (non-hydrogen) atoms. The maximum absolute atomic E-state index is 14.1. The van der Waals surface area contributed by atoms with Crippen LogP contribution in [-0.2, 0) is 14.9 Å². The van der Waals surface area contributed by atoms with Crippen molar-refractivity contribution < 1.29 is 18.7 Å². The van der Waals surface area contributed by atoms with Crippen LogP contribution in [0.5, 0.6) is 5.75 Å². The first-order chi connectivity index (χ1) is 13.1. The van der Waals surface area contributed by atoms with Crippen LogP contribution in [-0.4, -0.2) is 42.7 Å². The van der Waals surface area contributed by atoms with Gasteiger partial charge in [-0.15, -0.1) is 0 Å². The number of halogens is 1. The Bertz CT molecular complexity index is 887. The molecule has 0 amide bonds. The molecule has 5 rings (SSSR count). The van der Waals surface area contributed by atoms with Gasteiger partial charge in [0.05, 0.1) is 13.2 Å². The SMILES string of the molecule is COc1ccc([C@@]23C=CC(F)=CC=C2[C@@]2(CN4CCCC[C@H]42)OC3=O)cc1. The number of esters is 1. The van der Waals surface area contributed by atoms with Crippen LogP contribution in [0.4, 0.5) is 4.39 Å². The quantitative estimate of drug-likeness (QED) is 0.751. The van der Waals surface area contributed by atoms with Crippen molar-refractivity contribution in [1.29, 1.82) is 0 Å². The van der Waals surface area contributed by atoms with Gasteiger partial charge in [-0.1, -0.05) is 30.7 Å². The molecular weight excluding hydrogens is 345 g/mol. The van der Waals surface area contributed by atoms with Gasteiger partial charge >= 0.3 is 5.97 Å². The molecule has 0 N–H and O–H groups in total. The van der Waals surface area contributed by atoms with Crippen molar-refractivity contribution in [3.8, 4) is 5.75 Å². The van der Waals surface area contributed by atoms with E-state index in [2.05, 4.69) is 4.90 Å². The van der Waals surface area contributed by atoms with E-state index in [1.165, 1.54) is 18.6 Å². The zero-order chi connectivity index (χ0) is 18.6. The van der Waals surface area contributed by atoms with E-state index in [4.69, 9.17) is 9.47 Å². The van der Waals surface area contributed by atoms with Gasteiger partial charge in [0.1, 0.15) is 17.0 Å². The fourth-order valence-corrected chi connectivity index (χ4v) is 5.19. The largest absolute Gasteiger partial charge is 0.497 e. The van der Waals surface area contributed by atoms with Gasteiger partial charge in [0.15, 0.2) is 5.60 Å². The third kappa shape index (κ3) is 2.15. The molecule has 0 aromatic heterocycles. The van der Waals surface area contributed by atoms with Gasteiger partial charge in [-0.25, -0.2) is 4.39 Å². The number of fused-ring (bicyclic) bond motifs is 4. The number of benzene rings is 1. The maximum atomic E-state index is 14.1. The number of methoxy groups -OCH3 is 1. The molecule has 0 radical (unpaired) electrons. The van der Waals surface area contributed by atoms with Gasteiger partial charge in [0.2, 0.25) is 0 Å². The fourth-order valence-electron chi connectivity index (χ4n) is 5.19. The molecule has 3 atom stereocenters. The monoisotopic (exact) mass is 367 g/mol. The molecule has 4 aliphatic rings. The van der Waals surface area contributed by atoms with Crippen molar-refractivity contribution >= 4 is 5.97 Å². The van der Waals surface area contributed by atoms with Crippen molar-refractivity contribution in [2.75, 3.05) is 20.2 Å². The topological polar surface area (TPSA) is 38.8 Å². The lowest BCUT2D eigenvalue weighted by Gasteiger charge is -2.57. The molecule has 1 aliphatic carbocycles. The Morgan fingerprint density at radius 2 is 2.04 bits per heavy atom. The summed E-state index contributed by atoms with van der Waals surface area (Å²) >= 11 is 0. The van der Waals surface area contributed by atoms with E-state index in [0.717, 1.165) is 30.5 Å².